The van der Waals surface area contributed by atoms with Gasteiger partial charge in [0.25, 0.3) is 0 Å². The van der Waals surface area contributed by atoms with E-state index in [4.69, 9.17) is 18.9 Å². The highest BCUT2D eigenvalue weighted by Gasteiger charge is 2.49. The Balaban J connectivity index is 1.71. The Kier molecular flexibility index (Phi) is 17.1. The van der Waals surface area contributed by atoms with E-state index in [1.165, 1.54) is 6.08 Å². The summed E-state index contributed by atoms with van der Waals surface area (Å²) in [4.78, 5) is 25.3. The molecule has 9 heteroatoms. The third kappa shape index (κ3) is 13.2. The van der Waals surface area contributed by atoms with Gasteiger partial charge in [-0.05, 0) is 50.5 Å². The summed E-state index contributed by atoms with van der Waals surface area (Å²) in [5, 5.41) is 31.6. The summed E-state index contributed by atoms with van der Waals surface area (Å²) in [6, 6.07) is 0. The number of hydrogen-bond donors (Lipinski definition) is 3. The minimum Gasteiger partial charge on any atom is -0.459 e. The van der Waals surface area contributed by atoms with Gasteiger partial charge in [-0.25, -0.2) is 9.59 Å². The summed E-state index contributed by atoms with van der Waals surface area (Å²) >= 11 is 0. The van der Waals surface area contributed by atoms with E-state index in [1.54, 1.807) is 18.2 Å². The van der Waals surface area contributed by atoms with Crippen LogP contribution in [0.3, 0.4) is 0 Å². The van der Waals surface area contributed by atoms with Crippen molar-refractivity contribution in [1.82, 2.24) is 0 Å². The lowest BCUT2D eigenvalue weighted by molar-refractivity contribution is -0.198. The van der Waals surface area contributed by atoms with E-state index >= 15 is 0 Å². The molecule has 0 aromatic heterocycles. The molecule has 3 aliphatic heterocycles. The molecule has 2 fully saturated rings. The quantitative estimate of drug-likeness (QED) is 0.166. The van der Waals surface area contributed by atoms with E-state index in [2.05, 4.69) is 26.5 Å². The molecule has 0 radical (unpaired) electrons. The zero-order valence-corrected chi connectivity index (χ0v) is 30.6. The van der Waals surface area contributed by atoms with Crippen molar-refractivity contribution in [3.63, 3.8) is 0 Å². The Labute approximate surface area is 299 Å². The van der Waals surface area contributed by atoms with E-state index in [-0.39, 0.29) is 43.9 Å². The van der Waals surface area contributed by atoms with Gasteiger partial charge in [-0.3, -0.25) is 0 Å². The van der Waals surface area contributed by atoms with Crippen molar-refractivity contribution in [1.29, 1.82) is 0 Å². The number of fused-ring (bicyclic) bond motifs is 4. The summed E-state index contributed by atoms with van der Waals surface area (Å²) in [6.07, 6.45) is 21.0. The molecule has 0 aromatic carbocycles. The highest BCUT2D eigenvalue weighted by atomic mass is 16.6. The van der Waals surface area contributed by atoms with Crippen molar-refractivity contribution in [3.05, 3.63) is 84.6 Å². The van der Waals surface area contributed by atoms with Crippen molar-refractivity contribution in [2.45, 2.75) is 129 Å². The number of ether oxygens (including phenoxy) is 4. The molecule has 0 saturated carbocycles. The molecule has 9 atom stereocenters. The Morgan fingerprint density at radius 3 is 2.66 bits per heavy atom. The highest BCUT2D eigenvalue weighted by Crippen LogP contribution is 2.41. The van der Waals surface area contributed by atoms with Gasteiger partial charge in [-0.15, -0.1) is 0 Å². The zero-order valence-electron chi connectivity index (χ0n) is 30.6. The number of aliphatic hydroxyl groups is 3. The maximum atomic E-state index is 13.0. The van der Waals surface area contributed by atoms with Crippen LogP contribution in [0.5, 0.6) is 0 Å². The van der Waals surface area contributed by atoms with Crippen molar-refractivity contribution < 1.29 is 43.9 Å². The normalized spacial score (nSPS) is 35.3. The van der Waals surface area contributed by atoms with Gasteiger partial charge in [0.15, 0.2) is 6.10 Å². The maximum absolute atomic E-state index is 13.0. The molecule has 0 amide bonds. The molecule has 3 rings (SSSR count). The third-order valence-corrected chi connectivity index (χ3v) is 9.79. The molecular formula is C41H60O9. The lowest BCUT2D eigenvalue weighted by Gasteiger charge is -2.47. The van der Waals surface area contributed by atoms with E-state index in [9.17, 15) is 24.9 Å². The number of rotatable bonds is 11. The molecular weight excluding hydrogens is 636 g/mol. The molecule has 3 aliphatic rings. The van der Waals surface area contributed by atoms with Crippen LogP contribution in [0.1, 0.15) is 86.0 Å². The van der Waals surface area contributed by atoms with Crippen LogP contribution in [0.15, 0.2) is 84.6 Å². The monoisotopic (exact) mass is 696 g/mol. The van der Waals surface area contributed by atoms with Crippen LogP contribution in [0.2, 0.25) is 0 Å². The van der Waals surface area contributed by atoms with Crippen molar-refractivity contribution in [2.24, 2.45) is 17.3 Å². The topological polar surface area (TPSA) is 132 Å². The maximum Gasteiger partial charge on any atom is 0.335 e. The van der Waals surface area contributed by atoms with Gasteiger partial charge in [-0.2, -0.15) is 0 Å². The van der Waals surface area contributed by atoms with Crippen molar-refractivity contribution in [3.8, 4) is 0 Å². The lowest BCUT2D eigenvalue weighted by atomic mass is 9.73. The zero-order chi connectivity index (χ0) is 36.7. The fourth-order valence-corrected chi connectivity index (χ4v) is 6.27. The summed E-state index contributed by atoms with van der Waals surface area (Å²) < 4.78 is 23.9. The standard InChI is InChI=1S/C41H60O9/c1-28(2)21-22-30(4)26-47-40(46)34(43)18-13-14-19-37-41(6,27-42)38-25-33(49-37)17-10-7-9-15-29(3)23-36-31(5)35(44)24-32(48-36)16-11-8-12-20-39(45)50-38/h8-15,17,20,23,28,31-38,42-44H,4,7,16,18-19,21-22,24-27H2,1-3,5-6H3/b11-8-,14-13+,15-9-,17-10-,20-12-,29-23-/t31-,32+,33-,34?,35+,36-,37+,38-,41+/m1/s1. The molecule has 0 spiro atoms. The minimum absolute atomic E-state index is 0.0218. The molecule has 2 saturated heterocycles. The Bertz CT molecular complexity index is 1290. The van der Waals surface area contributed by atoms with Crippen molar-refractivity contribution in [2.75, 3.05) is 13.2 Å². The lowest BCUT2D eigenvalue weighted by Crippen LogP contribution is -2.55. The van der Waals surface area contributed by atoms with Gasteiger partial charge in [0.2, 0.25) is 0 Å². The fraction of sp³-hybridized carbons (Fsp3) is 0.610. The number of allylic oxidation sites excluding steroid dienone is 6. The van der Waals surface area contributed by atoms with Gasteiger partial charge in [-0.1, -0.05) is 101 Å². The third-order valence-electron chi connectivity index (χ3n) is 9.79. The average Bonchev–Trinajstić information content (AvgIpc) is 3.07. The number of carbonyl (C=O) groups is 2. The van der Waals surface area contributed by atoms with E-state index in [0.717, 1.165) is 24.0 Å². The largest absolute Gasteiger partial charge is 0.459 e. The molecule has 0 aromatic rings. The molecule has 3 heterocycles. The molecule has 50 heavy (non-hydrogen) atoms. The summed E-state index contributed by atoms with van der Waals surface area (Å²) in [5.74, 6) is -0.720. The average molecular weight is 697 g/mol. The van der Waals surface area contributed by atoms with Crippen LogP contribution in [0, 0.1) is 17.3 Å². The summed E-state index contributed by atoms with van der Waals surface area (Å²) in [7, 11) is 0. The Morgan fingerprint density at radius 2 is 1.92 bits per heavy atom. The highest BCUT2D eigenvalue weighted by molar-refractivity contribution is 5.82. The second kappa shape index (κ2) is 20.7. The SMILES string of the molecule is C=C(CCC(C)C)COC(=O)C(O)C/C=C/C[C@@H]1O[C@@H]2/C=C\C/C=C\C(C)=C/[C@H]3O[C@@H](C/C=C\C=C/C(=O)O[C@H](C2)[C@@]1(C)CO)C[C@H](O)[C@H]3C. The van der Waals surface area contributed by atoms with Gasteiger partial charge < -0.3 is 34.3 Å². The smallest absolute Gasteiger partial charge is 0.335 e. The van der Waals surface area contributed by atoms with Gasteiger partial charge in [0, 0.05) is 31.3 Å². The first kappa shape index (κ1) is 41.3. The summed E-state index contributed by atoms with van der Waals surface area (Å²) in [5.41, 5.74) is 0.954. The van der Waals surface area contributed by atoms with Crippen LogP contribution in [0.25, 0.3) is 0 Å². The number of esters is 2. The second-order valence-corrected chi connectivity index (χ2v) is 14.6. The first-order valence-electron chi connectivity index (χ1n) is 18.1. The summed E-state index contributed by atoms with van der Waals surface area (Å²) in [6.45, 7) is 13.9. The van der Waals surface area contributed by atoms with Crippen LogP contribution in [-0.4, -0.2) is 83.2 Å². The predicted octanol–water partition coefficient (Wildman–Crippen LogP) is 6.41. The van der Waals surface area contributed by atoms with Crippen LogP contribution in [-0.2, 0) is 28.5 Å². The fourth-order valence-electron chi connectivity index (χ4n) is 6.27. The van der Waals surface area contributed by atoms with E-state index in [1.807, 2.05) is 57.2 Å². The van der Waals surface area contributed by atoms with Gasteiger partial charge in [0.1, 0.15) is 12.7 Å². The predicted molar refractivity (Wildman–Crippen MR) is 195 cm³/mol. The van der Waals surface area contributed by atoms with Gasteiger partial charge in [0.05, 0.1) is 42.5 Å². The number of hydrogen-bond acceptors (Lipinski definition) is 9. The Hall–Kier alpha value is -3.08. The Morgan fingerprint density at radius 1 is 1.14 bits per heavy atom. The van der Waals surface area contributed by atoms with Crippen LogP contribution in [0.4, 0.5) is 0 Å². The number of carbonyl (C=O) groups excluding carboxylic acids is 2. The van der Waals surface area contributed by atoms with E-state index < -0.39 is 41.8 Å². The first-order chi connectivity index (χ1) is 23.8. The molecule has 278 valence electrons. The molecule has 3 N–H and O–H groups in total. The first-order valence-corrected chi connectivity index (χ1v) is 18.1. The molecule has 9 nitrogen and oxygen atoms in total. The molecule has 1 unspecified atom stereocenters. The van der Waals surface area contributed by atoms with Crippen molar-refractivity contribution >= 4 is 11.9 Å². The van der Waals surface area contributed by atoms with Gasteiger partial charge >= 0.3 is 11.9 Å². The molecule has 0 aliphatic carbocycles. The molecule has 4 bridgehead atoms. The number of aliphatic hydroxyl groups excluding tert-OH is 3. The second-order valence-electron chi connectivity index (χ2n) is 14.6. The van der Waals surface area contributed by atoms with E-state index in [0.29, 0.717) is 38.0 Å². The van der Waals surface area contributed by atoms with Crippen LogP contribution >= 0.6 is 0 Å². The van der Waals surface area contributed by atoms with Crippen LogP contribution < -0.4 is 0 Å². The minimum atomic E-state index is -1.31.